The Balaban J connectivity index is 1.49. The minimum absolute atomic E-state index is 0.0185. The van der Waals surface area contributed by atoms with E-state index in [4.69, 9.17) is 9.47 Å². The number of fused-ring (bicyclic) bond motifs is 2. The standard InChI is InChI=1S/C24H32N4O3/c1-14-7-9-18(15(2)11-14)27-21-16(3)22(26-13-25-21)30-20-12-17-8-10-19(20)28(17)23(29)31-24(4,5)6/h7,9,11,13,17,19-20H,8,10,12H2,1-6H3,(H,25,26,27)/t17?,19?,20-/m0/s1. The third kappa shape index (κ3) is 4.45. The molecule has 31 heavy (non-hydrogen) atoms. The summed E-state index contributed by atoms with van der Waals surface area (Å²) in [5, 5.41) is 3.40. The number of carbonyl (C=O) groups is 1. The van der Waals surface area contributed by atoms with Crippen molar-refractivity contribution in [2.75, 3.05) is 5.32 Å². The number of aryl methyl sites for hydroxylation is 2. The summed E-state index contributed by atoms with van der Waals surface area (Å²) >= 11 is 0. The number of benzene rings is 1. The van der Waals surface area contributed by atoms with Crippen LogP contribution in [0.2, 0.25) is 0 Å². The summed E-state index contributed by atoms with van der Waals surface area (Å²) in [5.41, 5.74) is 3.73. The Kier molecular flexibility index (Phi) is 5.54. The second-order valence-electron chi connectivity index (χ2n) is 9.67. The van der Waals surface area contributed by atoms with Crippen molar-refractivity contribution in [2.24, 2.45) is 0 Å². The van der Waals surface area contributed by atoms with Crippen LogP contribution in [-0.4, -0.2) is 44.7 Å². The first-order chi connectivity index (χ1) is 14.6. The largest absolute Gasteiger partial charge is 0.472 e. The van der Waals surface area contributed by atoms with Gasteiger partial charge in [-0.05, 0) is 66.0 Å². The Morgan fingerprint density at radius 1 is 1.16 bits per heavy atom. The van der Waals surface area contributed by atoms with Gasteiger partial charge in [0.25, 0.3) is 0 Å². The Hall–Kier alpha value is -2.83. The first kappa shape index (κ1) is 21.4. The van der Waals surface area contributed by atoms with Gasteiger partial charge in [-0.25, -0.2) is 14.8 Å². The Morgan fingerprint density at radius 2 is 1.94 bits per heavy atom. The molecule has 1 N–H and O–H groups in total. The van der Waals surface area contributed by atoms with Gasteiger partial charge in [-0.2, -0.15) is 0 Å². The number of hydrogen-bond donors (Lipinski definition) is 1. The van der Waals surface area contributed by atoms with Crippen LogP contribution in [0.25, 0.3) is 0 Å². The number of aromatic nitrogens is 2. The summed E-state index contributed by atoms with van der Waals surface area (Å²) in [6.07, 6.45) is 3.90. The lowest BCUT2D eigenvalue weighted by Crippen LogP contribution is -2.42. The van der Waals surface area contributed by atoms with E-state index in [1.807, 2.05) is 32.6 Å². The van der Waals surface area contributed by atoms with Crippen LogP contribution in [0.4, 0.5) is 16.3 Å². The average molecular weight is 425 g/mol. The minimum Gasteiger partial charge on any atom is -0.472 e. The zero-order valence-corrected chi connectivity index (χ0v) is 19.2. The molecular formula is C24H32N4O3. The Morgan fingerprint density at radius 3 is 2.65 bits per heavy atom. The number of nitrogens with one attached hydrogen (secondary N) is 1. The summed E-state index contributed by atoms with van der Waals surface area (Å²) in [6.45, 7) is 11.8. The van der Waals surface area contributed by atoms with Gasteiger partial charge in [0.2, 0.25) is 5.88 Å². The van der Waals surface area contributed by atoms with Crippen molar-refractivity contribution in [3.8, 4) is 5.88 Å². The van der Waals surface area contributed by atoms with Gasteiger partial charge in [0.1, 0.15) is 23.9 Å². The number of anilines is 2. The topological polar surface area (TPSA) is 76.6 Å². The fraction of sp³-hybridized carbons (Fsp3) is 0.542. The van der Waals surface area contributed by atoms with Crippen molar-refractivity contribution in [1.29, 1.82) is 0 Å². The van der Waals surface area contributed by atoms with Crippen molar-refractivity contribution >= 4 is 17.6 Å². The molecule has 7 nitrogen and oxygen atoms in total. The van der Waals surface area contributed by atoms with E-state index < -0.39 is 5.60 Å². The van der Waals surface area contributed by atoms with E-state index in [1.165, 1.54) is 11.9 Å². The van der Waals surface area contributed by atoms with E-state index in [1.54, 1.807) is 0 Å². The van der Waals surface area contributed by atoms with Crippen LogP contribution in [-0.2, 0) is 4.74 Å². The molecular weight excluding hydrogens is 392 g/mol. The predicted molar refractivity (Wildman–Crippen MR) is 120 cm³/mol. The van der Waals surface area contributed by atoms with Crippen molar-refractivity contribution in [3.63, 3.8) is 0 Å². The van der Waals surface area contributed by atoms with Gasteiger partial charge in [-0.3, -0.25) is 4.90 Å². The molecule has 1 aromatic heterocycles. The molecule has 0 saturated carbocycles. The molecule has 0 spiro atoms. The molecule has 166 valence electrons. The highest BCUT2D eigenvalue weighted by molar-refractivity contribution is 5.70. The van der Waals surface area contributed by atoms with Crippen molar-refractivity contribution in [1.82, 2.24) is 14.9 Å². The zero-order valence-electron chi connectivity index (χ0n) is 19.2. The lowest BCUT2D eigenvalue weighted by molar-refractivity contribution is 0.0180. The molecule has 7 heteroatoms. The first-order valence-electron chi connectivity index (χ1n) is 11.0. The van der Waals surface area contributed by atoms with Crippen molar-refractivity contribution in [2.45, 2.75) is 84.6 Å². The SMILES string of the molecule is Cc1ccc(Nc2ncnc(O[C@H]3CC4CCC3N4C(=O)OC(C)(C)C)c2C)c(C)c1. The summed E-state index contributed by atoms with van der Waals surface area (Å²) in [4.78, 5) is 23.4. The number of nitrogens with zero attached hydrogens (tertiary/aromatic N) is 3. The number of hydrogen-bond acceptors (Lipinski definition) is 6. The Labute approximate surface area is 184 Å². The highest BCUT2D eigenvalue weighted by Crippen LogP contribution is 2.41. The average Bonchev–Trinajstić information content (AvgIpc) is 3.23. The molecule has 2 saturated heterocycles. The molecule has 2 bridgehead atoms. The van der Waals surface area contributed by atoms with Gasteiger partial charge in [0.15, 0.2) is 0 Å². The van der Waals surface area contributed by atoms with Crippen LogP contribution < -0.4 is 10.1 Å². The highest BCUT2D eigenvalue weighted by atomic mass is 16.6. The number of carbonyl (C=O) groups excluding carboxylic acids is 1. The molecule has 1 amide bonds. The third-order valence-corrected chi connectivity index (χ3v) is 6.02. The van der Waals surface area contributed by atoms with Crippen LogP contribution in [0.15, 0.2) is 24.5 Å². The lowest BCUT2D eigenvalue weighted by Gasteiger charge is -2.28. The molecule has 2 fully saturated rings. The number of ether oxygens (including phenoxy) is 2. The van der Waals surface area contributed by atoms with Crippen LogP contribution in [0.5, 0.6) is 5.88 Å². The molecule has 2 unspecified atom stereocenters. The molecule has 3 atom stereocenters. The maximum absolute atomic E-state index is 12.7. The van der Waals surface area contributed by atoms with E-state index in [0.717, 1.165) is 41.9 Å². The molecule has 2 aromatic rings. The van der Waals surface area contributed by atoms with Crippen molar-refractivity contribution in [3.05, 3.63) is 41.2 Å². The molecule has 0 aliphatic carbocycles. The summed E-state index contributed by atoms with van der Waals surface area (Å²) < 4.78 is 12.0. The molecule has 2 aliphatic heterocycles. The van der Waals surface area contributed by atoms with Gasteiger partial charge >= 0.3 is 6.09 Å². The van der Waals surface area contributed by atoms with Gasteiger partial charge in [0.05, 0.1) is 11.6 Å². The van der Waals surface area contributed by atoms with Crippen LogP contribution in [0.3, 0.4) is 0 Å². The van der Waals surface area contributed by atoms with Gasteiger partial charge in [-0.1, -0.05) is 17.7 Å². The summed E-state index contributed by atoms with van der Waals surface area (Å²) in [5.74, 6) is 1.29. The van der Waals surface area contributed by atoms with Gasteiger partial charge in [0, 0.05) is 18.2 Å². The van der Waals surface area contributed by atoms with E-state index in [9.17, 15) is 4.79 Å². The van der Waals surface area contributed by atoms with Gasteiger partial charge < -0.3 is 14.8 Å². The first-order valence-corrected chi connectivity index (χ1v) is 11.0. The predicted octanol–water partition coefficient (Wildman–Crippen LogP) is 5.06. The van der Waals surface area contributed by atoms with E-state index in [-0.39, 0.29) is 24.3 Å². The van der Waals surface area contributed by atoms with E-state index in [2.05, 4.69) is 47.3 Å². The Bertz CT molecular complexity index is 985. The molecule has 2 aliphatic rings. The second-order valence-corrected chi connectivity index (χ2v) is 9.67. The maximum Gasteiger partial charge on any atom is 0.410 e. The fourth-order valence-corrected chi connectivity index (χ4v) is 4.56. The summed E-state index contributed by atoms with van der Waals surface area (Å²) in [6, 6.07) is 6.45. The quantitative estimate of drug-likeness (QED) is 0.739. The summed E-state index contributed by atoms with van der Waals surface area (Å²) in [7, 11) is 0. The normalized spacial score (nSPS) is 22.5. The number of rotatable bonds is 4. The van der Waals surface area contributed by atoms with E-state index >= 15 is 0 Å². The van der Waals surface area contributed by atoms with Gasteiger partial charge in [-0.15, -0.1) is 0 Å². The van der Waals surface area contributed by atoms with Crippen LogP contribution in [0.1, 0.15) is 56.7 Å². The van der Waals surface area contributed by atoms with Crippen LogP contribution >= 0.6 is 0 Å². The van der Waals surface area contributed by atoms with Crippen LogP contribution in [0, 0.1) is 20.8 Å². The highest BCUT2D eigenvalue weighted by Gasteiger charge is 2.51. The molecule has 1 aromatic carbocycles. The molecule has 3 heterocycles. The second kappa shape index (κ2) is 8.02. The smallest absolute Gasteiger partial charge is 0.410 e. The zero-order chi connectivity index (χ0) is 22.3. The monoisotopic (exact) mass is 424 g/mol. The van der Waals surface area contributed by atoms with Crippen molar-refractivity contribution < 1.29 is 14.3 Å². The third-order valence-electron chi connectivity index (χ3n) is 6.02. The number of amides is 1. The molecule has 0 radical (unpaired) electrons. The maximum atomic E-state index is 12.7. The molecule has 4 rings (SSSR count). The minimum atomic E-state index is -0.507. The fourth-order valence-electron chi connectivity index (χ4n) is 4.56. The van der Waals surface area contributed by atoms with E-state index in [0.29, 0.717) is 5.88 Å². The lowest BCUT2D eigenvalue weighted by atomic mass is 9.98.